The van der Waals surface area contributed by atoms with E-state index >= 15 is 0 Å². The fraction of sp³-hybridized carbons (Fsp3) is 0.429. The SMILES string of the molecule is CC[C@H](C)[C@H](N)C(=O)N[C@@H](Cc1ccc(OC(C)(C)C)cc1)C(=O)N[C@@H](C)C(=O)NCc1c(OC)ccc2c1Oc1c(ccc(OC)c1CC(=O)OCc1ccccc1)C2(C)C. The molecule has 0 spiro atoms. The number of ether oxygens (including phenoxy) is 5. The molecule has 0 radical (unpaired) electrons. The standard InChI is InChI=1S/C49H62N4O9/c1-11-29(2)42(50)47(57)53-38(25-31-17-19-33(20-18-31)62-48(4,5)6)46(56)52-30(3)45(55)51-27-35-40(59-10)24-22-37-44(35)61-43-34(39(58-9)23-21-36(43)49(37,7)8)26-41(54)60-28-32-15-13-12-14-16-32/h12-24,29-30,38,42H,11,25-28,50H2,1-10H3,(H,51,55)(H,52,56)(H,53,57)/t29-,30-,38-,42-/m0/s1. The van der Waals surface area contributed by atoms with Gasteiger partial charge in [0, 0.05) is 28.5 Å². The molecule has 5 N–H and O–H groups in total. The number of carbonyl (C=O) groups excluding carboxylic acids is 4. The van der Waals surface area contributed by atoms with Crippen LogP contribution >= 0.6 is 0 Å². The second-order valence-corrected chi connectivity index (χ2v) is 17.3. The summed E-state index contributed by atoms with van der Waals surface area (Å²) in [6.07, 6.45) is 0.718. The number of nitrogens with two attached hydrogens (primary N) is 1. The Morgan fingerprint density at radius 2 is 1.35 bits per heavy atom. The summed E-state index contributed by atoms with van der Waals surface area (Å²) in [7, 11) is 3.06. The molecule has 0 bridgehead atoms. The van der Waals surface area contributed by atoms with Crippen LogP contribution in [0.4, 0.5) is 0 Å². The quantitative estimate of drug-likeness (QED) is 0.0778. The van der Waals surface area contributed by atoms with Crippen molar-refractivity contribution in [2.75, 3.05) is 14.2 Å². The van der Waals surface area contributed by atoms with Crippen molar-refractivity contribution in [3.63, 3.8) is 0 Å². The third-order valence-electron chi connectivity index (χ3n) is 11.2. The first kappa shape index (κ1) is 47.0. The van der Waals surface area contributed by atoms with E-state index in [0.29, 0.717) is 46.3 Å². The minimum Gasteiger partial charge on any atom is -0.496 e. The van der Waals surface area contributed by atoms with Gasteiger partial charge in [0.2, 0.25) is 17.7 Å². The van der Waals surface area contributed by atoms with Crippen LogP contribution in [0, 0.1) is 5.92 Å². The van der Waals surface area contributed by atoms with Crippen LogP contribution in [0.5, 0.6) is 28.7 Å². The number of methoxy groups -OCH3 is 2. The summed E-state index contributed by atoms with van der Waals surface area (Å²) in [5, 5.41) is 8.56. The molecule has 0 saturated carbocycles. The Bertz CT molecular complexity index is 2220. The number of fused-ring (bicyclic) bond motifs is 2. The molecule has 4 aromatic carbocycles. The van der Waals surface area contributed by atoms with Crippen LogP contribution in [0.2, 0.25) is 0 Å². The van der Waals surface area contributed by atoms with E-state index in [-0.39, 0.29) is 31.9 Å². The summed E-state index contributed by atoms with van der Waals surface area (Å²) in [4.78, 5) is 54.2. The zero-order valence-corrected chi connectivity index (χ0v) is 37.6. The van der Waals surface area contributed by atoms with E-state index in [0.717, 1.165) is 22.3 Å². The molecule has 5 rings (SSSR count). The number of esters is 1. The van der Waals surface area contributed by atoms with Gasteiger partial charge in [-0.3, -0.25) is 19.2 Å². The third kappa shape index (κ3) is 11.4. The van der Waals surface area contributed by atoms with Gasteiger partial charge in [0.1, 0.15) is 53.0 Å². The lowest BCUT2D eigenvalue weighted by molar-refractivity contribution is -0.144. The number of hydrogen-bond acceptors (Lipinski definition) is 10. The first-order valence-electron chi connectivity index (χ1n) is 21.1. The maximum absolute atomic E-state index is 13.9. The number of hydrogen-bond donors (Lipinski definition) is 4. The average Bonchev–Trinajstić information content (AvgIpc) is 3.24. The Hall–Kier alpha value is -6.08. The van der Waals surface area contributed by atoms with E-state index in [9.17, 15) is 19.2 Å². The molecule has 0 unspecified atom stereocenters. The second kappa shape index (κ2) is 20.2. The van der Waals surface area contributed by atoms with E-state index in [1.165, 1.54) is 14.2 Å². The van der Waals surface area contributed by atoms with Crippen molar-refractivity contribution in [2.24, 2.45) is 11.7 Å². The monoisotopic (exact) mass is 850 g/mol. The maximum atomic E-state index is 13.9. The second-order valence-electron chi connectivity index (χ2n) is 17.3. The molecule has 0 aromatic heterocycles. The molecule has 0 aliphatic carbocycles. The van der Waals surface area contributed by atoms with Crippen molar-refractivity contribution in [3.05, 3.63) is 112 Å². The summed E-state index contributed by atoms with van der Waals surface area (Å²) in [5.74, 6) is 0.457. The van der Waals surface area contributed by atoms with Crippen molar-refractivity contribution >= 4 is 23.7 Å². The normalized spacial score (nSPS) is 14.6. The van der Waals surface area contributed by atoms with Gasteiger partial charge in [-0.05, 0) is 69.0 Å². The van der Waals surface area contributed by atoms with Crippen molar-refractivity contribution in [3.8, 4) is 28.7 Å². The average molecular weight is 851 g/mol. The Morgan fingerprint density at radius 1 is 0.758 bits per heavy atom. The molecule has 4 atom stereocenters. The van der Waals surface area contributed by atoms with Crippen LogP contribution in [0.3, 0.4) is 0 Å². The van der Waals surface area contributed by atoms with Gasteiger partial charge in [-0.25, -0.2) is 0 Å². The summed E-state index contributed by atoms with van der Waals surface area (Å²) < 4.78 is 29.8. The van der Waals surface area contributed by atoms with E-state index in [1.807, 2.05) is 113 Å². The van der Waals surface area contributed by atoms with Gasteiger partial charge >= 0.3 is 5.97 Å². The molecule has 3 amide bonds. The Morgan fingerprint density at radius 3 is 1.94 bits per heavy atom. The highest BCUT2D eigenvalue weighted by atomic mass is 16.5. The molecule has 0 fully saturated rings. The first-order chi connectivity index (χ1) is 29.4. The number of amides is 3. The van der Waals surface area contributed by atoms with Crippen LogP contribution in [0.25, 0.3) is 0 Å². The van der Waals surface area contributed by atoms with E-state index in [2.05, 4.69) is 29.8 Å². The fourth-order valence-corrected chi connectivity index (χ4v) is 7.32. The van der Waals surface area contributed by atoms with Gasteiger partial charge in [0.25, 0.3) is 0 Å². The van der Waals surface area contributed by atoms with E-state index in [4.69, 9.17) is 29.4 Å². The zero-order chi connectivity index (χ0) is 45.4. The first-order valence-corrected chi connectivity index (χ1v) is 21.1. The molecule has 0 saturated heterocycles. The smallest absolute Gasteiger partial charge is 0.310 e. The molecular formula is C49H62N4O9. The molecule has 13 heteroatoms. The Labute approximate surface area is 365 Å². The van der Waals surface area contributed by atoms with Gasteiger partial charge in [-0.15, -0.1) is 0 Å². The molecular weight excluding hydrogens is 789 g/mol. The van der Waals surface area contributed by atoms with Crippen molar-refractivity contribution < 1.29 is 42.9 Å². The van der Waals surface area contributed by atoms with Crippen molar-refractivity contribution in [1.82, 2.24) is 16.0 Å². The Kier molecular flexibility index (Phi) is 15.3. The highest BCUT2D eigenvalue weighted by Gasteiger charge is 2.39. The predicted octanol–water partition coefficient (Wildman–Crippen LogP) is 6.82. The van der Waals surface area contributed by atoms with Gasteiger partial charge in [-0.2, -0.15) is 0 Å². The molecule has 1 aliphatic rings. The van der Waals surface area contributed by atoms with E-state index in [1.54, 1.807) is 6.92 Å². The van der Waals surface area contributed by atoms with E-state index < -0.39 is 52.8 Å². The van der Waals surface area contributed by atoms with Gasteiger partial charge < -0.3 is 45.4 Å². The van der Waals surface area contributed by atoms with Crippen LogP contribution < -0.4 is 40.6 Å². The molecule has 4 aromatic rings. The Balaban J connectivity index is 1.35. The van der Waals surface area contributed by atoms with Gasteiger partial charge in [0.05, 0.1) is 38.8 Å². The van der Waals surface area contributed by atoms with Crippen molar-refractivity contribution in [2.45, 2.75) is 117 Å². The third-order valence-corrected chi connectivity index (χ3v) is 11.2. The van der Waals surface area contributed by atoms with Gasteiger partial charge in [0.15, 0.2) is 0 Å². The molecule has 1 aliphatic heterocycles. The fourth-order valence-electron chi connectivity index (χ4n) is 7.32. The number of benzene rings is 4. The lowest BCUT2D eigenvalue weighted by Gasteiger charge is -2.37. The number of nitrogens with one attached hydrogen (secondary N) is 3. The number of rotatable bonds is 18. The van der Waals surface area contributed by atoms with Gasteiger partial charge in [-0.1, -0.05) is 88.7 Å². The summed E-state index contributed by atoms with van der Waals surface area (Å²) >= 11 is 0. The minimum absolute atomic E-state index is 0.0257. The van der Waals surface area contributed by atoms with Crippen molar-refractivity contribution in [1.29, 1.82) is 0 Å². The molecule has 1 heterocycles. The summed E-state index contributed by atoms with van der Waals surface area (Å²) in [6.45, 7) is 15.5. The van der Waals surface area contributed by atoms with Crippen LogP contribution in [0.1, 0.15) is 95.2 Å². The lowest BCUT2D eigenvalue weighted by atomic mass is 9.74. The lowest BCUT2D eigenvalue weighted by Crippen LogP contribution is -2.56. The predicted molar refractivity (Wildman–Crippen MR) is 237 cm³/mol. The molecule has 13 nitrogen and oxygen atoms in total. The van der Waals surface area contributed by atoms with Crippen LogP contribution in [-0.4, -0.2) is 61.6 Å². The largest absolute Gasteiger partial charge is 0.496 e. The highest BCUT2D eigenvalue weighted by Crippen LogP contribution is 2.53. The highest BCUT2D eigenvalue weighted by molar-refractivity contribution is 5.93. The minimum atomic E-state index is -1.03. The summed E-state index contributed by atoms with van der Waals surface area (Å²) in [6, 6.07) is 21.4. The maximum Gasteiger partial charge on any atom is 0.310 e. The zero-order valence-electron chi connectivity index (χ0n) is 37.6. The van der Waals surface area contributed by atoms with Crippen LogP contribution in [0.15, 0.2) is 78.9 Å². The summed E-state index contributed by atoms with van der Waals surface area (Å²) in [5.41, 5.74) is 9.65. The van der Waals surface area contributed by atoms with Crippen LogP contribution in [-0.2, 0) is 55.3 Å². The molecule has 62 heavy (non-hydrogen) atoms. The topological polar surface area (TPSA) is 177 Å². The number of carbonyl (C=O) groups is 4. The molecule has 332 valence electrons.